The summed E-state index contributed by atoms with van der Waals surface area (Å²) in [6.07, 6.45) is 3.57. The molecule has 0 saturated heterocycles. The predicted molar refractivity (Wildman–Crippen MR) is 144 cm³/mol. The maximum Gasteiger partial charge on any atom is 0.275 e. The van der Waals surface area contributed by atoms with E-state index in [1.54, 1.807) is 38.9 Å². The van der Waals surface area contributed by atoms with Crippen LogP contribution in [-0.4, -0.2) is 35.6 Å². The molecule has 0 aliphatic rings. The van der Waals surface area contributed by atoms with Crippen molar-refractivity contribution in [1.29, 1.82) is 0 Å². The fraction of sp³-hybridized carbons (Fsp3) is 0.207. The van der Waals surface area contributed by atoms with Gasteiger partial charge in [0, 0.05) is 24.1 Å². The number of nitrogens with one attached hydrogen (secondary N) is 2. The lowest BCUT2D eigenvalue weighted by molar-refractivity contribution is -0.115. The number of ether oxygens (including phenoxy) is 2. The number of carbonyl (C=O) groups excluding carboxylic acids is 2. The highest BCUT2D eigenvalue weighted by Gasteiger charge is 2.12. The van der Waals surface area contributed by atoms with Crippen LogP contribution in [-0.2, 0) is 17.8 Å². The molecule has 1 aromatic heterocycles. The third-order valence-electron chi connectivity index (χ3n) is 5.76. The number of hydrogen-bond donors (Lipinski definition) is 2. The van der Waals surface area contributed by atoms with Gasteiger partial charge in [-0.25, -0.2) is 4.98 Å². The molecule has 0 bridgehead atoms. The predicted octanol–water partition coefficient (Wildman–Crippen LogP) is 5.00. The van der Waals surface area contributed by atoms with Crippen LogP contribution in [0.1, 0.15) is 32.7 Å². The Morgan fingerprint density at radius 3 is 2.16 bits per heavy atom. The van der Waals surface area contributed by atoms with Gasteiger partial charge in [0.15, 0.2) is 11.5 Å². The lowest BCUT2D eigenvalue weighted by Gasteiger charge is -2.10. The topological polar surface area (TPSA) is 94.5 Å². The summed E-state index contributed by atoms with van der Waals surface area (Å²) in [5.41, 5.74) is 5.80. The van der Waals surface area contributed by atoms with Gasteiger partial charge in [0.2, 0.25) is 5.91 Å². The second-order valence-corrected chi connectivity index (χ2v) is 8.87. The monoisotopic (exact) mass is 498 g/mol. The highest BCUT2D eigenvalue weighted by molar-refractivity contribution is 6.02. The minimum absolute atomic E-state index is 0.131. The van der Waals surface area contributed by atoms with Crippen LogP contribution in [0.3, 0.4) is 0 Å². The summed E-state index contributed by atoms with van der Waals surface area (Å²) in [5, 5.41) is 5.82. The maximum atomic E-state index is 12.6. The first-order chi connectivity index (χ1) is 17.8. The molecule has 2 amide bonds. The normalized spacial score (nSPS) is 10.6. The van der Waals surface area contributed by atoms with E-state index in [1.807, 2.05) is 60.9 Å². The van der Waals surface area contributed by atoms with Crippen LogP contribution in [0.2, 0.25) is 0 Å². The molecule has 4 rings (SSSR count). The number of anilines is 2. The number of aryl methyl sites for hydroxylation is 2. The molecule has 0 aliphatic heterocycles. The fourth-order valence-electron chi connectivity index (χ4n) is 4.09. The van der Waals surface area contributed by atoms with Crippen molar-refractivity contribution in [3.63, 3.8) is 0 Å². The molecule has 0 saturated carbocycles. The van der Waals surface area contributed by atoms with E-state index in [9.17, 15) is 9.59 Å². The standard InChI is InChI=1S/C29H30N4O4/c1-19-11-20(2)13-24(12-19)32-29(35)25-17-33(18-30-25)16-21-5-8-23(9-6-21)31-28(34)15-22-7-10-26(36-3)27(14-22)37-4/h5-14,17-18H,15-16H2,1-4H3,(H,31,34)(H,32,35). The molecule has 0 fully saturated rings. The highest BCUT2D eigenvalue weighted by Crippen LogP contribution is 2.27. The number of amides is 2. The zero-order chi connectivity index (χ0) is 26.4. The molecular weight excluding hydrogens is 468 g/mol. The Bertz CT molecular complexity index is 1390. The van der Waals surface area contributed by atoms with Gasteiger partial charge in [0.25, 0.3) is 5.91 Å². The maximum absolute atomic E-state index is 12.6. The van der Waals surface area contributed by atoms with Crippen LogP contribution in [0, 0.1) is 13.8 Å². The Labute approximate surface area is 216 Å². The lowest BCUT2D eigenvalue weighted by Crippen LogP contribution is -2.14. The number of nitrogens with zero attached hydrogens (tertiary/aromatic N) is 2. The summed E-state index contributed by atoms with van der Waals surface area (Å²) >= 11 is 0. The zero-order valence-electron chi connectivity index (χ0n) is 21.4. The molecule has 2 N–H and O–H groups in total. The van der Waals surface area contributed by atoms with Crippen molar-refractivity contribution >= 4 is 23.2 Å². The molecule has 190 valence electrons. The van der Waals surface area contributed by atoms with Crippen molar-refractivity contribution in [3.8, 4) is 11.5 Å². The van der Waals surface area contributed by atoms with Crippen molar-refractivity contribution in [3.05, 3.63) is 101 Å². The molecule has 8 heteroatoms. The third-order valence-corrected chi connectivity index (χ3v) is 5.76. The van der Waals surface area contributed by atoms with E-state index in [0.717, 1.165) is 27.9 Å². The average molecular weight is 499 g/mol. The Hall–Kier alpha value is -4.59. The van der Waals surface area contributed by atoms with E-state index < -0.39 is 0 Å². The number of carbonyl (C=O) groups is 2. The van der Waals surface area contributed by atoms with E-state index in [2.05, 4.69) is 21.7 Å². The van der Waals surface area contributed by atoms with Gasteiger partial charge in [0.05, 0.1) is 27.0 Å². The van der Waals surface area contributed by atoms with Crippen molar-refractivity contribution in [2.75, 3.05) is 24.9 Å². The molecule has 0 aliphatic carbocycles. The first-order valence-electron chi connectivity index (χ1n) is 11.8. The summed E-state index contributed by atoms with van der Waals surface area (Å²) < 4.78 is 12.4. The smallest absolute Gasteiger partial charge is 0.275 e. The second kappa shape index (κ2) is 11.4. The van der Waals surface area contributed by atoms with Crippen LogP contribution in [0.25, 0.3) is 0 Å². The van der Waals surface area contributed by atoms with E-state index in [0.29, 0.717) is 29.4 Å². The Balaban J connectivity index is 1.32. The quantitative estimate of drug-likeness (QED) is 0.339. The molecule has 0 radical (unpaired) electrons. The summed E-state index contributed by atoms with van der Waals surface area (Å²) in [7, 11) is 3.14. The molecule has 4 aromatic rings. The highest BCUT2D eigenvalue weighted by atomic mass is 16.5. The Morgan fingerprint density at radius 1 is 0.811 bits per heavy atom. The van der Waals surface area contributed by atoms with Gasteiger partial charge in [0.1, 0.15) is 5.69 Å². The van der Waals surface area contributed by atoms with E-state index in [1.165, 1.54) is 0 Å². The number of rotatable bonds is 9. The number of imidazole rings is 1. The lowest BCUT2D eigenvalue weighted by atomic mass is 10.1. The van der Waals surface area contributed by atoms with E-state index >= 15 is 0 Å². The number of benzene rings is 3. The van der Waals surface area contributed by atoms with Crippen LogP contribution in [0.4, 0.5) is 11.4 Å². The van der Waals surface area contributed by atoms with Crippen LogP contribution < -0.4 is 20.1 Å². The van der Waals surface area contributed by atoms with Crippen LogP contribution in [0.5, 0.6) is 11.5 Å². The van der Waals surface area contributed by atoms with Crippen molar-refractivity contribution < 1.29 is 19.1 Å². The number of methoxy groups -OCH3 is 2. The van der Waals surface area contributed by atoms with Gasteiger partial charge in [-0.05, 0) is 72.5 Å². The summed E-state index contributed by atoms with van der Waals surface area (Å²) in [6.45, 7) is 4.53. The van der Waals surface area contributed by atoms with Gasteiger partial charge in [-0.3, -0.25) is 9.59 Å². The second-order valence-electron chi connectivity index (χ2n) is 8.87. The minimum atomic E-state index is -0.253. The number of hydrogen-bond acceptors (Lipinski definition) is 5. The molecule has 0 spiro atoms. The van der Waals surface area contributed by atoms with Gasteiger partial charge < -0.3 is 24.7 Å². The first kappa shape index (κ1) is 25.5. The molecule has 37 heavy (non-hydrogen) atoms. The summed E-state index contributed by atoms with van der Waals surface area (Å²) in [6, 6.07) is 18.9. The molecule has 0 atom stereocenters. The summed E-state index contributed by atoms with van der Waals surface area (Å²) in [5.74, 6) is 0.821. The largest absolute Gasteiger partial charge is 0.493 e. The van der Waals surface area contributed by atoms with Gasteiger partial charge in [-0.15, -0.1) is 0 Å². The fourth-order valence-corrected chi connectivity index (χ4v) is 4.09. The molecular formula is C29H30N4O4. The van der Waals surface area contributed by atoms with Gasteiger partial charge in [-0.1, -0.05) is 24.3 Å². The van der Waals surface area contributed by atoms with Crippen LogP contribution >= 0.6 is 0 Å². The van der Waals surface area contributed by atoms with Gasteiger partial charge in [-0.2, -0.15) is 0 Å². The minimum Gasteiger partial charge on any atom is -0.493 e. The summed E-state index contributed by atoms with van der Waals surface area (Å²) in [4.78, 5) is 29.4. The molecule has 0 unspecified atom stereocenters. The first-order valence-corrected chi connectivity index (χ1v) is 11.8. The van der Waals surface area contributed by atoms with Crippen molar-refractivity contribution in [2.45, 2.75) is 26.8 Å². The Kier molecular flexibility index (Phi) is 7.88. The zero-order valence-corrected chi connectivity index (χ0v) is 21.4. The average Bonchev–Trinajstić information content (AvgIpc) is 3.33. The molecule has 3 aromatic carbocycles. The van der Waals surface area contributed by atoms with E-state index in [-0.39, 0.29) is 18.2 Å². The SMILES string of the molecule is COc1ccc(CC(=O)Nc2ccc(Cn3cnc(C(=O)Nc4cc(C)cc(C)c4)c3)cc2)cc1OC. The molecule has 8 nitrogen and oxygen atoms in total. The van der Waals surface area contributed by atoms with Crippen molar-refractivity contribution in [1.82, 2.24) is 9.55 Å². The van der Waals surface area contributed by atoms with E-state index in [4.69, 9.17) is 9.47 Å². The molecule has 1 heterocycles. The van der Waals surface area contributed by atoms with Crippen molar-refractivity contribution in [2.24, 2.45) is 0 Å². The number of aromatic nitrogens is 2. The van der Waals surface area contributed by atoms with Crippen LogP contribution in [0.15, 0.2) is 73.2 Å². The third kappa shape index (κ3) is 6.76. The Morgan fingerprint density at radius 2 is 1.49 bits per heavy atom. The van der Waals surface area contributed by atoms with Gasteiger partial charge >= 0.3 is 0 Å².